The maximum Gasteiger partial charge on any atom is 0.157 e. The molecule has 0 spiro atoms. The maximum absolute atomic E-state index is 4.81. The third kappa shape index (κ3) is 3.16. The van der Waals surface area contributed by atoms with Crippen molar-refractivity contribution in [2.45, 2.75) is 65.5 Å². The van der Waals surface area contributed by atoms with Gasteiger partial charge in [0.1, 0.15) is 0 Å². The van der Waals surface area contributed by atoms with Gasteiger partial charge in [0, 0.05) is 11.3 Å². The second-order valence-corrected chi connectivity index (χ2v) is 5.93. The number of thioether (sulfide) groups is 1. The van der Waals surface area contributed by atoms with Crippen LogP contribution in [0.25, 0.3) is 0 Å². The number of aliphatic imine (C=N–C) groups is 1. The number of hydrogen-bond donors (Lipinski definition) is 1. The Labute approximate surface area is 105 Å². The van der Waals surface area contributed by atoms with Gasteiger partial charge in [-0.15, -0.1) is 0 Å². The second-order valence-electron chi connectivity index (χ2n) is 4.96. The van der Waals surface area contributed by atoms with E-state index in [9.17, 15) is 0 Å². The monoisotopic (exact) mass is 242 g/mol. The zero-order chi connectivity index (χ0) is 12.2. The Hall–Kier alpha value is -0.180. The molecule has 0 radical (unpaired) electrons. The van der Waals surface area contributed by atoms with Crippen molar-refractivity contribution in [3.8, 4) is 0 Å². The highest BCUT2D eigenvalue weighted by molar-refractivity contribution is 8.14. The Morgan fingerprint density at radius 2 is 1.94 bits per heavy atom. The van der Waals surface area contributed by atoms with Crippen molar-refractivity contribution in [1.82, 2.24) is 5.32 Å². The first kappa shape index (κ1) is 13.9. The molecule has 3 heteroatoms. The van der Waals surface area contributed by atoms with Gasteiger partial charge in [0.05, 0.1) is 6.04 Å². The standard InChI is InChI=1S/C13H26N2S/c1-6-10(4)11(5)14-12-15-13(7-2,8-3)9-16-12/h10-11H,6-9H2,1-5H3,(H,14,15). The molecule has 16 heavy (non-hydrogen) atoms. The zero-order valence-electron chi connectivity index (χ0n) is 11.3. The molecule has 1 aliphatic heterocycles. The van der Waals surface area contributed by atoms with Crippen LogP contribution in [0, 0.1) is 5.92 Å². The summed E-state index contributed by atoms with van der Waals surface area (Å²) in [6.45, 7) is 11.3. The van der Waals surface area contributed by atoms with Gasteiger partial charge in [-0.3, -0.25) is 4.99 Å². The third-order valence-corrected chi connectivity index (χ3v) is 5.18. The van der Waals surface area contributed by atoms with Crippen molar-refractivity contribution >= 4 is 16.9 Å². The summed E-state index contributed by atoms with van der Waals surface area (Å²) in [4.78, 5) is 4.81. The predicted octanol–water partition coefficient (Wildman–Crippen LogP) is 3.67. The minimum absolute atomic E-state index is 0.304. The molecule has 1 heterocycles. The Balaban J connectivity index is 2.61. The van der Waals surface area contributed by atoms with Gasteiger partial charge >= 0.3 is 0 Å². The van der Waals surface area contributed by atoms with E-state index in [4.69, 9.17) is 4.99 Å². The van der Waals surface area contributed by atoms with Crippen molar-refractivity contribution in [3.05, 3.63) is 0 Å². The van der Waals surface area contributed by atoms with Crippen LogP contribution in [0.5, 0.6) is 0 Å². The van der Waals surface area contributed by atoms with Crippen LogP contribution in [0.1, 0.15) is 53.9 Å². The minimum Gasteiger partial charge on any atom is -0.359 e. The lowest BCUT2D eigenvalue weighted by molar-refractivity contribution is 0.405. The van der Waals surface area contributed by atoms with Crippen LogP contribution >= 0.6 is 11.8 Å². The first-order valence-corrected chi connectivity index (χ1v) is 7.54. The molecular weight excluding hydrogens is 216 g/mol. The molecule has 0 aliphatic carbocycles. The SMILES string of the molecule is CCC(C)C(C)N=C1NC(CC)(CC)CS1. The van der Waals surface area contributed by atoms with E-state index in [1.165, 1.54) is 25.0 Å². The molecule has 2 nitrogen and oxygen atoms in total. The van der Waals surface area contributed by atoms with E-state index in [1.807, 2.05) is 11.8 Å². The highest BCUT2D eigenvalue weighted by atomic mass is 32.2. The summed E-state index contributed by atoms with van der Waals surface area (Å²) < 4.78 is 0. The Morgan fingerprint density at radius 3 is 2.38 bits per heavy atom. The fourth-order valence-corrected chi connectivity index (χ4v) is 3.28. The van der Waals surface area contributed by atoms with E-state index in [0.29, 0.717) is 17.5 Å². The van der Waals surface area contributed by atoms with Gasteiger partial charge in [0.2, 0.25) is 0 Å². The van der Waals surface area contributed by atoms with E-state index in [1.54, 1.807) is 0 Å². The summed E-state index contributed by atoms with van der Waals surface area (Å²) in [5.74, 6) is 1.85. The number of nitrogens with one attached hydrogen (secondary N) is 1. The predicted molar refractivity (Wildman–Crippen MR) is 75.3 cm³/mol. The van der Waals surface area contributed by atoms with Gasteiger partial charge in [0.15, 0.2) is 5.17 Å². The largest absolute Gasteiger partial charge is 0.359 e. The van der Waals surface area contributed by atoms with Crippen molar-refractivity contribution in [2.24, 2.45) is 10.9 Å². The van der Waals surface area contributed by atoms with Crippen molar-refractivity contribution in [1.29, 1.82) is 0 Å². The number of amidine groups is 1. The topological polar surface area (TPSA) is 24.4 Å². The van der Waals surface area contributed by atoms with E-state index in [0.717, 1.165) is 5.17 Å². The molecule has 0 aromatic heterocycles. The molecule has 0 amide bonds. The number of rotatable bonds is 5. The van der Waals surface area contributed by atoms with Gasteiger partial charge in [-0.1, -0.05) is 45.9 Å². The van der Waals surface area contributed by atoms with Crippen LogP contribution in [-0.2, 0) is 0 Å². The highest BCUT2D eigenvalue weighted by Crippen LogP contribution is 2.29. The summed E-state index contributed by atoms with van der Waals surface area (Å²) >= 11 is 1.89. The Kier molecular flexibility index (Phi) is 5.16. The van der Waals surface area contributed by atoms with Crippen LogP contribution in [0.3, 0.4) is 0 Å². The first-order chi connectivity index (χ1) is 7.56. The van der Waals surface area contributed by atoms with Gasteiger partial charge in [0.25, 0.3) is 0 Å². The smallest absolute Gasteiger partial charge is 0.157 e. The fourth-order valence-electron chi connectivity index (χ4n) is 1.86. The molecule has 2 atom stereocenters. The van der Waals surface area contributed by atoms with E-state index in [2.05, 4.69) is 39.9 Å². The zero-order valence-corrected chi connectivity index (χ0v) is 12.2. The summed E-state index contributed by atoms with van der Waals surface area (Å²) in [5, 5.41) is 4.79. The van der Waals surface area contributed by atoms with Gasteiger partial charge in [-0.2, -0.15) is 0 Å². The van der Waals surface area contributed by atoms with Crippen LogP contribution in [0.15, 0.2) is 4.99 Å². The van der Waals surface area contributed by atoms with Crippen molar-refractivity contribution in [3.63, 3.8) is 0 Å². The van der Waals surface area contributed by atoms with Crippen LogP contribution in [-0.4, -0.2) is 22.5 Å². The van der Waals surface area contributed by atoms with Crippen LogP contribution < -0.4 is 5.32 Å². The fraction of sp³-hybridized carbons (Fsp3) is 0.923. The Morgan fingerprint density at radius 1 is 1.31 bits per heavy atom. The summed E-state index contributed by atoms with van der Waals surface area (Å²) in [7, 11) is 0. The van der Waals surface area contributed by atoms with Gasteiger partial charge < -0.3 is 5.32 Å². The number of nitrogens with zero attached hydrogens (tertiary/aromatic N) is 1. The van der Waals surface area contributed by atoms with E-state index < -0.39 is 0 Å². The molecule has 0 aromatic rings. The maximum atomic E-state index is 4.81. The van der Waals surface area contributed by atoms with Crippen LogP contribution in [0.2, 0.25) is 0 Å². The van der Waals surface area contributed by atoms with Crippen molar-refractivity contribution in [2.75, 3.05) is 5.75 Å². The lowest BCUT2D eigenvalue weighted by Gasteiger charge is -2.25. The van der Waals surface area contributed by atoms with E-state index in [-0.39, 0.29) is 0 Å². The summed E-state index contributed by atoms with van der Waals surface area (Å²) in [6, 6.07) is 0.435. The molecular formula is C13H26N2S. The number of hydrogen-bond acceptors (Lipinski definition) is 2. The van der Waals surface area contributed by atoms with E-state index >= 15 is 0 Å². The normalized spacial score (nSPS) is 25.4. The first-order valence-electron chi connectivity index (χ1n) is 6.55. The lowest BCUT2D eigenvalue weighted by Crippen LogP contribution is -2.42. The summed E-state index contributed by atoms with van der Waals surface area (Å²) in [6.07, 6.45) is 3.58. The molecule has 2 unspecified atom stereocenters. The molecule has 1 aliphatic rings. The molecule has 0 aromatic carbocycles. The molecule has 1 N–H and O–H groups in total. The molecule has 0 saturated carbocycles. The molecule has 1 fully saturated rings. The van der Waals surface area contributed by atoms with Crippen LogP contribution in [0.4, 0.5) is 0 Å². The third-order valence-electron chi connectivity index (χ3n) is 4.00. The molecule has 1 rings (SSSR count). The average molecular weight is 242 g/mol. The Bertz CT molecular complexity index is 246. The molecule has 1 saturated heterocycles. The molecule has 94 valence electrons. The highest BCUT2D eigenvalue weighted by Gasteiger charge is 2.34. The average Bonchev–Trinajstić information content (AvgIpc) is 2.72. The minimum atomic E-state index is 0.304. The molecule has 0 bridgehead atoms. The summed E-state index contributed by atoms with van der Waals surface area (Å²) in [5.41, 5.74) is 0.304. The van der Waals surface area contributed by atoms with Crippen molar-refractivity contribution < 1.29 is 0 Å². The second kappa shape index (κ2) is 5.95. The quantitative estimate of drug-likeness (QED) is 0.795. The van der Waals surface area contributed by atoms with Gasteiger partial charge in [-0.05, 0) is 25.7 Å². The van der Waals surface area contributed by atoms with Gasteiger partial charge in [-0.25, -0.2) is 0 Å². The lowest BCUT2D eigenvalue weighted by atomic mass is 9.96.